The van der Waals surface area contributed by atoms with Gasteiger partial charge in [0.25, 0.3) is 5.91 Å². The van der Waals surface area contributed by atoms with E-state index in [2.05, 4.69) is 20.2 Å². The molecule has 4 aromatic rings. The van der Waals surface area contributed by atoms with Crippen LogP contribution in [0.5, 0.6) is 0 Å². The summed E-state index contributed by atoms with van der Waals surface area (Å²) in [6, 6.07) is 14.6. The van der Waals surface area contributed by atoms with Gasteiger partial charge in [-0.05, 0) is 42.8 Å². The highest BCUT2D eigenvalue weighted by Crippen LogP contribution is 2.28. The Hall–Kier alpha value is -3.46. The molecule has 1 aliphatic heterocycles. The van der Waals surface area contributed by atoms with E-state index in [9.17, 15) is 9.59 Å². The summed E-state index contributed by atoms with van der Waals surface area (Å²) in [6.07, 6.45) is 5.10. The van der Waals surface area contributed by atoms with Crippen molar-refractivity contribution in [3.05, 3.63) is 88.3 Å². The number of nitrogens with zero attached hydrogens (tertiary/aromatic N) is 5. The van der Waals surface area contributed by atoms with Gasteiger partial charge in [-0.1, -0.05) is 41.4 Å². The van der Waals surface area contributed by atoms with Crippen LogP contribution in [0.2, 0.25) is 10.0 Å². The second kappa shape index (κ2) is 10.9. The molecule has 0 saturated carbocycles. The number of halogens is 2. The number of carbonyl (C=O) groups excluding carboxylic acids is 2. The molecular formula is C27H26Cl2N6O2. The second-order valence-corrected chi connectivity index (χ2v) is 9.97. The molecule has 0 aliphatic carbocycles. The second-order valence-electron chi connectivity index (χ2n) is 9.10. The Balaban J connectivity index is 1.26. The Labute approximate surface area is 224 Å². The van der Waals surface area contributed by atoms with Gasteiger partial charge in [-0.15, -0.1) is 0 Å². The van der Waals surface area contributed by atoms with Crippen LogP contribution in [0.3, 0.4) is 0 Å². The van der Waals surface area contributed by atoms with Crippen molar-refractivity contribution in [3.8, 4) is 5.95 Å². The number of aromatic nitrogens is 3. The Morgan fingerprint density at radius 1 is 1.03 bits per heavy atom. The van der Waals surface area contributed by atoms with E-state index in [1.54, 1.807) is 47.4 Å². The highest BCUT2D eigenvalue weighted by Gasteiger charge is 2.30. The van der Waals surface area contributed by atoms with Gasteiger partial charge in [0.15, 0.2) is 0 Å². The first-order chi connectivity index (χ1) is 17.9. The topological polar surface area (TPSA) is 83.4 Å². The molecule has 1 fully saturated rings. The smallest absolute Gasteiger partial charge is 0.256 e. The number of piperazine rings is 1. The number of hydrogen-bond acceptors (Lipinski definition) is 5. The molecule has 0 radical (unpaired) electrons. The predicted octanol–water partition coefficient (Wildman–Crippen LogP) is 4.19. The first-order valence-electron chi connectivity index (χ1n) is 12.0. The molecule has 1 atom stereocenters. The highest BCUT2D eigenvalue weighted by molar-refractivity contribution is 6.31. The summed E-state index contributed by atoms with van der Waals surface area (Å²) in [5.41, 5.74) is 2.33. The summed E-state index contributed by atoms with van der Waals surface area (Å²) in [6.45, 7) is 4.41. The molecule has 1 aliphatic rings. The van der Waals surface area contributed by atoms with Gasteiger partial charge in [-0.3, -0.25) is 19.1 Å². The van der Waals surface area contributed by atoms with Crippen LogP contribution in [0, 0.1) is 0 Å². The van der Waals surface area contributed by atoms with Gasteiger partial charge in [0, 0.05) is 66.2 Å². The molecule has 2 aromatic carbocycles. The molecule has 0 spiro atoms. The fraction of sp³-hybridized carbons (Fsp3) is 0.259. The summed E-state index contributed by atoms with van der Waals surface area (Å²) in [5.74, 6) is 0.349. The molecule has 0 unspecified atom stereocenters. The highest BCUT2D eigenvalue weighted by atomic mass is 35.5. The Morgan fingerprint density at radius 3 is 2.49 bits per heavy atom. The van der Waals surface area contributed by atoms with Gasteiger partial charge in [0.2, 0.25) is 11.9 Å². The van der Waals surface area contributed by atoms with E-state index in [0.29, 0.717) is 47.7 Å². The number of carbonyl (C=O) groups is 2. The summed E-state index contributed by atoms with van der Waals surface area (Å²) in [5, 5.41) is 4.98. The molecule has 2 amide bonds. The lowest BCUT2D eigenvalue weighted by molar-refractivity contribution is -0.123. The number of hydrogen-bond donors (Lipinski definition) is 1. The lowest BCUT2D eigenvalue weighted by atomic mass is 10.1. The normalized spacial score (nSPS) is 16.2. The van der Waals surface area contributed by atoms with Crippen LogP contribution >= 0.6 is 23.2 Å². The maximum absolute atomic E-state index is 13.6. The lowest BCUT2D eigenvalue weighted by Crippen LogP contribution is -2.55. The summed E-state index contributed by atoms with van der Waals surface area (Å²) < 4.78 is 1.79. The quantitative estimate of drug-likeness (QED) is 0.399. The Kier molecular flexibility index (Phi) is 7.41. The van der Waals surface area contributed by atoms with Crippen molar-refractivity contribution in [3.63, 3.8) is 0 Å². The van der Waals surface area contributed by atoms with Gasteiger partial charge >= 0.3 is 0 Å². The van der Waals surface area contributed by atoms with Crippen molar-refractivity contribution in [1.82, 2.24) is 29.7 Å². The molecule has 2 aromatic heterocycles. The van der Waals surface area contributed by atoms with E-state index < -0.39 is 0 Å². The predicted molar refractivity (Wildman–Crippen MR) is 144 cm³/mol. The maximum atomic E-state index is 13.6. The SMILES string of the molecule is C[C@H]1CN(C(=O)c2cn(-c3ncccn3)c3cc(Cl)ccc23)CCN1CC(=O)NCc1ccc(Cl)cc1. The Morgan fingerprint density at radius 2 is 1.76 bits per heavy atom. The van der Waals surface area contributed by atoms with Gasteiger partial charge in [0.1, 0.15) is 0 Å². The van der Waals surface area contributed by atoms with Crippen LogP contribution in [-0.2, 0) is 11.3 Å². The third-order valence-electron chi connectivity index (χ3n) is 6.57. The minimum absolute atomic E-state index is 0.0271. The van der Waals surface area contributed by atoms with Crippen molar-refractivity contribution in [2.75, 3.05) is 26.2 Å². The standard InChI is InChI=1S/C27H26Cl2N6O2/c1-18-15-34(12-11-33(18)17-25(36)32-14-19-3-5-20(28)6-4-19)26(37)23-16-35(27-30-9-2-10-31-27)24-13-21(29)7-8-22(23)24/h2-10,13,16,18H,11-12,14-15,17H2,1H3,(H,32,36)/t18-/m0/s1. The molecule has 1 N–H and O–H groups in total. The average molecular weight is 537 g/mol. The summed E-state index contributed by atoms with van der Waals surface area (Å²) in [4.78, 5) is 38.8. The van der Waals surface area contributed by atoms with E-state index >= 15 is 0 Å². The number of rotatable bonds is 6. The van der Waals surface area contributed by atoms with Crippen LogP contribution in [0.4, 0.5) is 0 Å². The van der Waals surface area contributed by atoms with Crippen LogP contribution in [0.15, 0.2) is 67.1 Å². The van der Waals surface area contributed by atoms with Crippen molar-refractivity contribution >= 4 is 45.9 Å². The van der Waals surface area contributed by atoms with Gasteiger partial charge in [-0.2, -0.15) is 0 Å². The van der Waals surface area contributed by atoms with Gasteiger partial charge < -0.3 is 10.2 Å². The van der Waals surface area contributed by atoms with Crippen LogP contribution < -0.4 is 5.32 Å². The molecule has 3 heterocycles. The number of fused-ring (bicyclic) bond motifs is 1. The molecular weight excluding hydrogens is 511 g/mol. The fourth-order valence-corrected chi connectivity index (χ4v) is 4.87. The molecule has 8 nitrogen and oxygen atoms in total. The molecule has 1 saturated heterocycles. The molecule has 5 rings (SSSR count). The largest absolute Gasteiger partial charge is 0.351 e. The average Bonchev–Trinajstić information content (AvgIpc) is 3.28. The molecule has 10 heteroatoms. The third kappa shape index (κ3) is 5.61. The minimum Gasteiger partial charge on any atom is -0.351 e. The van der Waals surface area contributed by atoms with Crippen molar-refractivity contribution < 1.29 is 9.59 Å². The third-order valence-corrected chi connectivity index (χ3v) is 7.05. The lowest BCUT2D eigenvalue weighted by Gasteiger charge is -2.39. The fourth-order valence-electron chi connectivity index (χ4n) is 4.58. The summed E-state index contributed by atoms with van der Waals surface area (Å²) >= 11 is 12.2. The van der Waals surface area contributed by atoms with Crippen molar-refractivity contribution in [2.24, 2.45) is 0 Å². The van der Waals surface area contributed by atoms with Crippen LogP contribution in [0.25, 0.3) is 16.9 Å². The van der Waals surface area contributed by atoms with E-state index in [4.69, 9.17) is 23.2 Å². The zero-order chi connectivity index (χ0) is 25.9. The summed E-state index contributed by atoms with van der Waals surface area (Å²) in [7, 11) is 0. The van der Waals surface area contributed by atoms with Crippen LogP contribution in [-0.4, -0.2) is 68.4 Å². The van der Waals surface area contributed by atoms with Crippen molar-refractivity contribution in [2.45, 2.75) is 19.5 Å². The van der Waals surface area contributed by atoms with Gasteiger partial charge in [0.05, 0.1) is 17.6 Å². The van der Waals surface area contributed by atoms with E-state index in [1.807, 2.05) is 36.1 Å². The van der Waals surface area contributed by atoms with E-state index in [-0.39, 0.29) is 24.4 Å². The first kappa shape index (κ1) is 25.2. The first-order valence-corrected chi connectivity index (χ1v) is 12.8. The van der Waals surface area contributed by atoms with Crippen LogP contribution in [0.1, 0.15) is 22.8 Å². The Bertz CT molecular complexity index is 1420. The number of amides is 2. The van der Waals surface area contributed by atoms with Crippen molar-refractivity contribution in [1.29, 1.82) is 0 Å². The van der Waals surface area contributed by atoms with E-state index in [1.165, 1.54) is 0 Å². The molecule has 0 bridgehead atoms. The number of benzene rings is 2. The molecule has 190 valence electrons. The maximum Gasteiger partial charge on any atom is 0.256 e. The minimum atomic E-state index is -0.0688. The number of nitrogens with one attached hydrogen (secondary N) is 1. The van der Waals surface area contributed by atoms with Gasteiger partial charge in [-0.25, -0.2) is 9.97 Å². The monoisotopic (exact) mass is 536 g/mol. The van der Waals surface area contributed by atoms with E-state index in [0.717, 1.165) is 16.5 Å². The zero-order valence-corrected chi connectivity index (χ0v) is 21.8. The molecule has 37 heavy (non-hydrogen) atoms. The zero-order valence-electron chi connectivity index (χ0n) is 20.3.